The number of carbonyl (C=O) groups excluding carboxylic acids is 1. The summed E-state index contributed by atoms with van der Waals surface area (Å²) in [6.07, 6.45) is 0. The Kier molecular flexibility index (Phi) is 5.14. The number of ether oxygens (including phenoxy) is 1. The fourth-order valence-corrected chi connectivity index (χ4v) is 2.64. The standard InChI is InChI=1S/C22H21NO2/c1-16-7-9-17(10-8-16)15-23-21-6-4-3-5-20(21)22(24)18-11-13-19(25-2)14-12-18/h3-14,23H,15H2,1-2H3. The lowest BCUT2D eigenvalue weighted by atomic mass is 10.0. The van der Waals surface area contributed by atoms with Crippen LogP contribution in [0, 0.1) is 6.92 Å². The van der Waals surface area contributed by atoms with E-state index in [-0.39, 0.29) is 5.78 Å². The van der Waals surface area contributed by atoms with Crippen LogP contribution >= 0.6 is 0 Å². The second-order valence-electron chi connectivity index (χ2n) is 5.94. The molecule has 0 aromatic heterocycles. The third-order valence-corrected chi connectivity index (χ3v) is 4.13. The van der Waals surface area contributed by atoms with Gasteiger partial charge in [0.1, 0.15) is 5.75 Å². The molecule has 0 amide bonds. The minimum atomic E-state index is -0.00495. The van der Waals surface area contributed by atoms with E-state index >= 15 is 0 Å². The van der Waals surface area contributed by atoms with Crippen molar-refractivity contribution in [3.05, 3.63) is 95.1 Å². The minimum Gasteiger partial charge on any atom is -0.497 e. The molecule has 0 fully saturated rings. The molecule has 0 atom stereocenters. The normalized spacial score (nSPS) is 10.3. The third-order valence-electron chi connectivity index (χ3n) is 4.13. The number of hydrogen-bond acceptors (Lipinski definition) is 3. The van der Waals surface area contributed by atoms with Gasteiger partial charge >= 0.3 is 0 Å². The van der Waals surface area contributed by atoms with Crippen molar-refractivity contribution in [2.24, 2.45) is 0 Å². The van der Waals surface area contributed by atoms with E-state index in [0.717, 1.165) is 11.4 Å². The molecule has 0 aliphatic rings. The number of carbonyl (C=O) groups is 1. The largest absolute Gasteiger partial charge is 0.497 e. The van der Waals surface area contributed by atoms with Crippen molar-refractivity contribution >= 4 is 11.5 Å². The number of ketones is 1. The lowest BCUT2D eigenvalue weighted by Crippen LogP contribution is -2.08. The minimum absolute atomic E-state index is 0.00495. The Labute approximate surface area is 148 Å². The van der Waals surface area contributed by atoms with Crippen LogP contribution in [0.1, 0.15) is 27.0 Å². The van der Waals surface area contributed by atoms with Crippen LogP contribution in [0.3, 0.4) is 0 Å². The van der Waals surface area contributed by atoms with Crippen molar-refractivity contribution in [1.82, 2.24) is 0 Å². The summed E-state index contributed by atoms with van der Waals surface area (Å²) >= 11 is 0. The van der Waals surface area contributed by atoms with E-state index in [1.165, 1.54) is 11.1 Å². The molecule has 0 aliphatic carbocycles. The summed E-state index contributed by atoms with van der Waals surface area (Å²) in [7, 11) is 1.61. The van der Waals surface area contributed by atoms with Crippen molar-refractivity contribution in [3.8, 4) is 5.75 Å². The molecule has 0 aliphatic heterocycles. The van der Waals surface area contributed by atoms with Gasteiger partial charge in [0.25, 0.3) is 0 Å². The summed E-state index contributed by atoms with van der Waals surface area (Å²) < 4.78 is 5.15. The van der Waals surface area contributed by atoms with Gasteiger partial charge in [0.05, 0.1) is 7.11 Å². The summed E-state index contributed by atoms with van der Waals surface area (Å²) in [5, 5.41) is 3.38. The van der Waals surface area contributed by atoms with Gasteiger partial charge in [0.15, 0.2) is 5.78 Å². The van der Waals surface area contributed by atoms with Crippen molar-refractivity contribution in [1.29, 1.82) is 0 Å². The highest BCUT2D eigenvalue weighted by Crippen LogP contribution is 2.21. The van der Waals surface area contributed by atoms with Gasteiger partial charge < -0.3 is 10.1 Å². The molecule has 3 nitrogen and oxygen atoms in total. The molecule has 0 spiro atoms. The Hall–Kier alpha value is -3.07. The molecule has 1 N–H and O–H groups in total. The highest BCUT2D eigenvalue weighted by atomic mass is 16.5. The molecule has 0 saturated heterocycles. The van der Waals surface area contributed by atoms with Crippen LogP contribution in [0.15, 0.2) is 72.8 Å². The lowest BCUT2D eigenvalue weighted by Gasteiger charge is -2.12. The Morgan fingerprint density at radius 1 is 0.920 bits per heavy atom. The Morgan fingerprint density at radius 3 is 2.28 bits per heavy atom. The van der Waals surface area contributed by atoms with Crippen LogP contribution in [-0.2, 0) is 6.54 Å². The molecule has 0 bridgehead atoms. The van der Waals surface area contributed by atoms with E-state index in [1.54, 1.807) is 31.4 Å². The van der Waals surface area contributed by atoms with Crippen LogP contribution in [0.4, 0.5) is 5.69 Å². The van der Waals surface area contributed by atoms with E-state index in [0.29, 0.717) is 17.7 Å². The van der Waals surface area contributed by atoms with Crippen LogP contribution in [0.2, 0.25) is 0 Å². The molecular formula is C22H21NO2. The van der Waals surface area contributed by atoms with Crippen molar-refractivity contribution in [2.45, 2.75) is 13.5 Å². The first-order valence-corrected chi connectivity index (χ1v) is 8.24. The predicted octanol–water partition coefficient (Wildman–Crippen LogP) is 4.85. The molecule has 0 heterocycles. The van der Waals surface area contributed by atoms with Gasteiger partial charge in [-0.05, 0) is 48.9 Å². The summed E-state index contributed by atoms with van der Waals surface area (Å²) in [5.41, 5.74) is 4.56. The van der Waals surface area contributed by atoms with Crippen molar-refractivity contribution in [3.63, 3.8) is 0 Å². The lowest BCUT2D eigenvalue weighted by molar-refractivity contribution is 0.103. The third kappa shape index (κ3) is 4.07. The Morgan fingerprint density at radius 2 is 1.60 bits per heavy atom. The number of aryl methyl sites for hydroxylation is 1. The van der Waals surface area contributed by atoms with E-state index < -0.39 is 0 Å². The topological polar surface area (TPSA) is 38.3 Å². The zero-order chi connectivity index (χ0) is 17.6. The van der Waals surface area contributed by atoms with E-state index in [9.17, 15) is 4.79 Å². The van der Waals surface area contributed by atoms with E-state index in [2.05, 4.69) is 36.5 Å². The number of rotatable bonds is 6. The second-order valence-corrected chi connectivity index (χ2v) is 5.94. The zero-order valence-electron chi connectivity index (χ0n) is 14.5. The van der Waals surface area contributed by atoms with Gasteiger partial charge in [-0.1, -0.05) is 42.0 Å². The predicted molar refractivity (Wildman–Crippen MR) is 101 cm³/mol. The number of para-hydroxylation sites is 1. The molecule has 126 valence electrons. The van der Waals surface area contributed by atoms with Crippen LogP contribution < -0.4 is 10.1 Å². The van der Waals surface area contributed by atoms with Crippen molar-refractivity contribution < 1.29 is 9.53 Å². The first-order chi connectivity index (χ1) is 12.2. The van der Waals surface area contributed by atoms with E-state index in [1.807, 2.05) is 24.3 Å². The molecule has 3 heteroatoms. The second kappa shape index (κ2) is 7.67. The molecule has 3 aromatic carbocycles. The smallest absolute Gasteiger partial charge is 0.195 e. The monoisotopic (exact) mass is 331 g/mol. The molecule has 0 radical (unpaired) electrons. The maximum Gasteiger partial charge on any atom is 0.195 e. The molecule has 3 rings (SSSR count). The molecule has 3 aromatic rings. The van der Waals surface area contributed by atoms with Gasteiger partial charge in [0, 0.05) is 23.4 Å². The molecule has 0 unspecified atom stereocenters. The molecule has 25 heavy (non-hydrogen) atoms. The molecular weight excluding hydrogens is 310 g/mol. The Bertz CT molecular complexity index is 852. The number of anilines is 1. The average Bonchev–Trinajstić information content (AvgIpc) is 2.67. The first-order valence-electron chi connectivity index (χ1n) is 8.24. The highest BCUT2D eigenvalue weighted by molar-refractivity contribution is 6.12. The number of nitrogens with one attached hydrogen (secondary N) is 1. The van der Waals surface area contributed by atoms with Crippen LogP contribution in [-0.4, -0.2) is 12.9 Å². The quantitative estimate of drug-likeness (QED) is 0.656. The summed E-state index contributed by atoms with van der Waals surface area (Å²) in [6.45, 7) is 2.74. The van der Waals surface area contributed by atoms with E-state index in [4.69, 9.17) is 4.74 Å². The van der Waals surface area contributed by atoms with Crippen LogP contribution in [0.25, 0.3) is 0 Å². The fourth-order valence-electron chi connectivity index (χ4n) is 2.64. The van der Waals surface area contributed by atoms with Gasteiger partial charge in [-0.25, -0.2) is 0 Å². The summed E-state index contributed by atoms with van der Waals surface area (Å²) in [5.74, 6) is 0.733. The van der Waals surface area contributed by atoms with Gasteiger partial charge in [-0.2, -0.15) is 0 Å². The SMILES string of the molecule is COc1ccc(C(=O)c2ccccc2NCc2ccc(C)cc2)cc1. The highest BCUT2D eigenvalue weighted by Gasteiger charge is 2.13. The van der Waals surface area contributed by atoms with Crippen molar-refractivity contribution in [2.75, 3.05) is 12.4 Å². The van der Waals surface area contributed by atoms with Gasteiger partial charge in [0.2, 0.25) is 0 Å². The number of hydrogen-bond donors (Lipinski definition) is 1. The maximum atomic E-state index is 12.8. The summed E-state index contributed by atoms with van der Waals surface area (Å²) in [4.78, 5) is 12.8. The van der Waals surface area contributed by atoms with Crippen LogP contribution in [0.5, 0.6) is 5.75 Å². The fraction of sp³-hybridized carbons (Fsp3) is 0.136. The summed E-state index contributed by atoms with van der Waals surface area (Å²) in [6, 6.07) is 23.1. The van der Waals surface area contributed by atoms with Gasteiger partial charge in [-0.15, -0.1) is 0 Å². The van der Waals surface area contributed by atoms with Gasteiger partial charge in [-0.3, -0.25) is 4.79 Å². The number of methoxy groups -OCH3 is 1. The molecule has 0 saturated carbocycles. The Balaban J connectivity index is 1.79. The first kappa shape index (κ1) is 16.8. The maximum absolute atomic E-state index is 12.8. The average molecular weight is 331 g/mol. The number of benzene rings is 3. The zero-order valence-corrected chi connectivity index (χ0v) is 14.5.